The molecule has 3 rings (SSSR count). The number of carbonyl (C=O) groups excluding carboxylic acids is 3. The molecular weight excluding hydrogens is 536 g/mol. The van der Waals surface area contributed by atoms with Gasteiger partial charge in [0.1, 0.15) is 13.2 Å². The quantitative estimate of drug-likeness (QED) is 0.141. The van der Waals surface area contributed by atoms with Crippen molar-refractivity contribution in [3.63, 3.8) is 0 Å². The highest BCUT2D eigenvalue weighted by atomic mass is 79.9. The standard InChI is InChI=1S/C29H31BrN2O5/c1-18(2)32-17-24-15-23(16-25(30)26(24)31)29(35)37-13-12-36-28(34)19(3)21-10-7-11-22(14-21)27(33)20-8-5-4-6-9-20/h4-11,14-16,18-19,32H,12-13,17,31H2,1-3H3. The summed E-state index contributed by atoms with van der Waals surface area (Å²) in [5.41, 5.74) is 9.53. The summed E-state index contributed by atoms with van der Waals surface area (Å²) >= 11 is 3.39. The van der Waals surface area contributed by atoms with Gasteiger partial charge in [0, 0.05) is 28.2 Å². The minimum Gasteiger partial charge on any atom is -0.462 e. The number of nitrogen functional groups attached to an aromatic ring is 1. The lowest BCUT2D eigenvalue weighted by Gasteiger charge is -2.14. The van der Waals surface area contributed by atoms with Gasteiger partial charge in [-0.3, -0.25) is 9.59 Å². The van der Waals surface area contributed by atoms with Crippen molar-refractivity contribution >= 4 is 39.3 Å². The number of hydrogen-bond acceptors (Lipinski definition) is 7. The van der Waals surface area contributed by atoms with Crippen molar-refractivity contribution in [3.05, 3.63) is 99.0 Å². The van der Waals surface area contributed by atoms with E-state index >= 15 is 0 Å². The first-order valence-electron chi connectivity index (χ1n) is 12.0. The van der Waals surface area contributed by atoms with Gasteiger partial charge >= 0.3 is 11.9 Å². The molecule has 194 valence electrons. The first-order chi connectivity index (χ1) is 17.7. The number of carbonyl (C=O) groups is 3. The van der Waals surface area contributed by atoms with Crippen molar-refractivity contribution in [2.75, 3.05) is 18.9 Å². The summed E-state index contributed by atoms with van der Waals surface area (Å²) in [5.74, 6) is -1.73. The van der Waals surface area contributed by atoms with Crippen LogP contribution in [0.4, 0.5) is 5.69 Å². The van der Waals surface area contributed by atoms with Gasteiger partial charge < -0.3 is 20.5 Å². The Kier molecular flexibility index (Phi) is 10.00. The highest BCUT2D eigenvalue weighted by Gasteiger charge is 2.19. The van der Waals surface area contributed by atoms with Crippen LogP contribution in [0, 0.1) is 0 Å². The predicted molar refractivity (Wildman–Crippen MR) is 147 cm³/mol. The predicted octanol–water partition coefficient (Wildman–Crippen LogP) is 5.26. The Morgan fingerprint density at radius 2 is 1.54 bits per heavy atom. The maximum atomic E-state index is 12.7. The molecule has 1 atom stereocenters. The summed E-state index contributed by atoms with van der Waals surface area (Å²) < 4.78 is 11.2. The van der Waals surface area contributed by atoms with Crippen molar-refractivity contribution in [3.8, 4) is 0 Å². The van der Waals surface area contributed by atoms with Gasteiger partial charge in [0.2, 0.25) is 0 Å². The first kappa shape index (κ1) is 28.1. The molecule has 0 heterocycles. The van der Waals surface area contributed by atoms with E-state index in [1.807, 2.05) is 19.9 Å². The summed E-state index contributed by atoms with van der Waals surface area (Å²) in [4.78, 5) is 37.9. The molecule has 0 amide bonds. The van der Waals surface area contributed by atoms with Crippen LogP contribution in [0.25, 0.3) is 0 Å². The lowest BCUT2D eigenvalue weighted by atomic mass is 9.96. The number of ether oxygens (including phenoxy) is 2. The molecule has 0 radical (unpaired) electrons. The molecule has 0 aliphatic carbocycles. The fourth-order valence-electron chi connectivity index (χ4n) is 3.58. The first-order valence-corrected chi connectivity index (χ1v) is 12.8. The van der Waals surface area contributed by atoms with E-state index in [0.29, 0.717) is 39.0 Å². The van der Waals surface area contributed by atoms with Crippen LogP contribution >= 0.6 is 15.9 Å². The molecule has 0 aliphatic rings. The molecular formula is C29H31BrN2O5. The summed E-state index contributed by atoms with van der Waals surface area (Å²) in [7, 11) is 0. The van der Waals surface area contributed by atoms with Crippen molar-refractivity contribution < 1.29 is 23.9 Å². The number of ketones is 1. The van der Waals surface area contributed by atoms with Crippen molar-refractivity contribution in [2.45, 2.75) is 39.3 Å². The zero-order valence-electron chi connectivity index (χ0n) is 21.1. The number of hydrogen-bond donors (Lipinski definition) is 2. The minimum atomic E-state index is -0.594. The molecule has 3 aromatic rings. The van der Waals surface area contributed by atoms with E-state index in [-0.39, 0.29) is 25.0 Å². The zero-order chi connectivity index (χ0) is 26.9. The fourth-order valence-corrected chi connectivity index (χ4v) is 4.08. The van der Waals surface area contributed by atoms with Gasteiger partial charge in [0.15, 0.2) is 5.78 Å². The second-order valence-corrected chi connectivity index (χ2v) is 9.77. The van der Waals surface area contributed by atoms with E-state index in [9.17, 15) is 14.4 Å². The van der Waals surface area contributed by atoms with E-state index in [1.165, 1.54) is 0 Å². The number of halogens is 1. The van der Waals surface area contributed by atoms with E-state index in [0.717, 1.165) is 5.56 Å². The molecule has 8 heteroatoms. The summed E-state index contributed by atoms with van der Waals surface area (Å²) in [5, 5.41) is 3.27. The number of benzene rings is 3. The van der Waals surface area contributed by atoms with Crippen LogP contribution in [0.15, 0.2) is 71.2 Å². The molecule has 0 fully saturated rings. The molecule has 0 aromatic heterocycles. The Morgan fingerprint density at radius 1 is 0.865 bits per heavy atom. The van der Waals surface area contributed by atoms with Crippen LogP contribution in [0.5, 0.6) is 0 Å². The van der Waals surface area contributed by atoms with Gasteiger partial charge in [-0.2, -0.15) is 0 Å². The lowest BCUT2D eigenvalue weighted by Crippen LogP contribution is -2.23. The molecule has 0 bridgehead atoms. The highest BCUT2D eigenvalue weighted by Crippen LogP contribution is 2.26. The maximum absolute atomic E-state index is 12.7. The molecule has 37 heavy (non-hydrogen) atoms. The maximum Gasteiger partial charge on any atom is 0.338 e. The fraction of sp³-hybridized carbons (Fsp3) is 0.276. The third-order valence-corrected chi connectivity index (χ3v) is 6.41. The Morgan fingerprint density at radius 3 is 2.24 bits per heavy atom. The normalized spacial score (nSPS) is 11.7. The Bertz CT molecular complexity index is 1260. The highest BCUT2D eigenvalue weighted by molar-refractivity contribution is 9.10. The smallest absolute Gasteiger partial charge is 0.338 e. The van der Waals surface area contributed by atoms with Crippen LogP contribution in [0.3, 0.4) is 0 Å². The third-order valence-electron chi connectivity index (χ3n) is 5.75. The Hall–Kier alpha value is -3.49. The van der Waals surface area contributed by atoms with Gasteiger partial charge in [-0.1, -0.05) is 62.4 Å². The largest absolute Gasteiger partial charge is 0.462 e. The Balaban J connectivity index is 1.53. The molecule has 0 saturated carbocycles. The van der Waals surface area contributed by atoms with Gasteiger partial charge in [-0.05, 0) is 52.2 Å². The summed E-state index contributed by atoms with van der Waals surface area (Å²) in [6, 6.07) is 19.5. The third kappa shape index (κ3) is 7.74. The molecule has 0 aliphatic heterocycles. The summed E-state index contributed by atoms with van der Waals surface area (Å²) in [6.45, 7) is 6.08. The second-order valence-electron chi connectivity index (χ2n) is 8.91. The van der Waals surface area contributed by atoms with Gasteiger partial charge in [-0.15, -0.1) is 0 Å². The molecule has 7 nitrogen and oxygen atoms in total. The lowest BCUT2D eigenvalue weighted by molar-refractivity contribution is -0.146. The van der Waals surface area contributed by atoms with Crippen molar-refractivity contribution in [1.82, 2.24) is 5.32 Å². The van der Waals surface area contributed by atoms with Crippen LogP contribution in [-0.2, 0) is 20.8 Å². The van der Waals surface area contributed by atoms with E-state index in [1.54, 1.807) is 67.6 Å². The number of nitrogens with two attached hydrogens (primary N) is 1. The van der Waals surface area contributed by atoms with Crippen molar-refractivity contribution in [1.29, 1.82) is 0 Å². The van der Waals surface area contributed by atoms with Gasteiger partial charge in [-0.25, -0.2) is 4.79 Å². The van der Waals surface area contributed by atoms with E-state index in [4.69, 9.17) is 15.2 Å². The average molecular weight is 567 g/mol. The van der Waals surface area contributed by atoms with Gasteiger partial charge in [0.05, 0.1) is 17.2 Å². The number of anilines is 1. The monoisotopic (exact) mass is 566 g/mol. The molecule has 3 aromatic carbocycles. The second kappa shape index (κ2) is 13.2. The zero-order valence-corrected chi connectivity index (χ0v) is 22.7. The topological polar surface area (TPSA) is 108 Å². The number of esters is 2. The van der Waals surface area contributed by atoms with Crippen LogP contribution in [-0.4, -0.2) is 37.0 Å². The van der Waals surface area contributed by atoms with Crippen molar-refractivity contribution in [2.24, 2.45) is 0 Å². The summed E-state index contributed by atoms with van der Waals surface area (Å²) in [6.07, 6.45) is 0. The van der Waals surface area contributed by atoms with Crippen LogP contribution < -0.4 is 11.1 Å². The van der Waals surface area contributed by atoms with E-state index < -0.39 is 17.9 Å². The molecule has 0 saturated heterocycles. The minimum absolute atomic E-state index is 0.0878. The molecule has 0 spiro atoms. The van der Waals surface area contributed by atoms with Gasteiger partial charge in [0.25, 0.3) is 0 Å². The average Bonchev–Trinajstić information content (AvgIpc) is 2.91. The number of nitrogens with one attached hydrogen (secondary N) is 1. The van der Waals surface area contributed by atoms with E-state index in [2.05, 4.69) is 21.2 Å². The van der Waals surface area contributed by atoms with Crippen LogP contribution in [0.1, 0.15) is 64.1 Å². The SMILES string of the molecule is CC(C)NCc1cc(C(=O)OCCOC(=O)C(C)c2cccc(C(=O)c3ccccc3)c2)cc(Br)c1N. The number of rotatable bonds is 11. The molecule has 3 N–H and O–H groups in total. The van der Waals surface area contributed by atoms with Crippen LogP contribution in [0.2, 0.25) is 0 Å². The molecule has 1 unspecified atom stereocenters. The Labute approximate surface area is 225 Å².